The lowest BCUT2D eigenvalue weighted by atomic mass is 9.91. The van der Waals surface area contributed by atoms with Crippen molar-refractivity contribution in [3.63, 3.8) is 0 Å². The van der Waals surface area contributed by atoms with E-state index in [0.717, 1.165) is 16.7 Å². The number of Topliss-reactive ketones (excluding diaryl/α,β-unsaturated/α-hetero) is 1. The summed E-state index contributed by atoms with van der Waals surface area (Å²) in [5, 5.41) is 0. The first-order valence-electron chi connectivity index (χ1n) is 7.65. The monoisotopic (exact) mass is 325 g/mol. The van der Waals surface area contributed by atoms with Crippen LogP contribution in [0.3, 0.4) is 0 Å². The highest BCUT2D eigenvalue weighted by Crippen LogP contribution is 2.31. The molecular weight excluding hydrogens is 299 g/mol. The summed E-state index contributed by atoms with van der Waals surface area (Å²) in [4.78, 5) is 12.9. The Hall–Kier alpha value is -1.09. The van der Waals surface area contributed by atoms with E-state index in [1.165, 1.54) is 0 Å². The van der Waals surface area contributed by atoms with Gasteiger partial charge in [0.2, 0.25) is 0 Å². The molecule has 0 saturated heterocycles. The van der Waals surface area contributed by atoms with Crippen LogP contribution in [0.25, 0.3) is 0 Å². The molecule has 0 fully saturated rings. The highest BCUT2D eigenvalue weighted by atomic mass is 31.1. The van der Waals surface area contributed by atoms with E-state index in [9.17, 15) is 9.36 Å². The predicted molar refractivity (Wildman–Crippen MR) is 88.5 cm³/mol. The summed E-state index contributed by atoms with van der Waals surface area (Å²) in [7, 11) is -2.27. The van der Waals surface area contributed by atoms with E-state index in [1.54, 1.807) is 6.92 Å². The number of hydrogen-bond acceptors (Lipinski definition) is 4. The van der Waals surface area contributed by atoms with Gasteiger partial charge in [-0.15, -0.1) is 9.05 Å². The predicted octanol–water partition coefficient (Wildman–Crippen LogP) is 4.92. The molecule has 0 saturated carbocycles. The SMILES string of the molecule is CCO[P+](=O)OC(CC(C)C)C(=O)c1c(C)cc(C)cc1C. The molecule has 0 spiro atoms. The van der Waals surface area contributed by atoms with E-state index >= 15 is 0 Å². The largest absolute Gasteiger partial charge is 0.698 e. The second-order valence-corrected chi connectivity index (χ2v) is 6.92. The van der Waals surface area contributed by atoms with Crippen molar-refractivity contribution in [3.05, 3.63) is 34.4 Å². The van der Waals surface area contributed by atoms with Crippen LogP contribution >= 0.6 is 8.25 Å². The molecule has 5 heteroatoms. The third-order valence-corrected chi connectivity index (χ3v) is 4.24. The van der Waals surface area contributed by atoms with Crippen molar-refractivity contribution in [2.24, 2.45) is 5.92 Å². The van der Waals surface area contributed by atoms with Crippen LogP contribution in [0.5, 0.6) is 0 Å². The van der Waals surface area contributed by atoms with Crippen LogP contribution in [0.4, 0.5) is 0 Å². The first-order valence-corrected chi connectivity index (χ1v) is 8.74. The zero-order valence-electron chi connectivity index (χ0n) is 14.3. The van der Waals surface area contributed by atoms with Crippen LogP contribution in [-0.4, -0.2) is 18.5 Å². The number of ketones is 1. The Labute approximate surface area is 134 Å². The maximum Gasteiger partial charge on any atom is 0.698 e. The molecule has 1 aromatic rings. The van der Waals surface area contributed by atoms with Crippen molar-refractivity contribution in [2.75, 3.05) is 6.61 Å². The van der Waals surface area contributed by atoms with E-state index in [0.29, 0.717) is 18.6 Å². The molecule has 2 atom stereocenters. The normalized spacial score (nSPS) is 13.3. The molecule has 1 rings (SSSR count). The average molecular weight is 325 g/mol. The summed E-state index contributed by atoms with van der Waals surface area (Å²) < 4.78 is 22.1. The zero-order chi connectivity index (χ0) is 16.9. The standard InChI is InChI=1S/C17H26O4P/c1-7-20-22(19)21-15(8-11(2)3)17(18)16-13(5)9-12(4)10-14(16)6/h9-11,15H,7-8H2,1-6H3/q+1. The quantitative estimate of drug-likeness (QED) is 0.503. The molecule has 0 aromatic heterocycles. The van der Waals surface area contributed by atoms with Crippen molar-refractivity contribution in [1.29, 1.82) is 0 Å². The molecule has 22 heavy (non-hydrogen) atoms. The van der Waals surface area contributed by atoms with Crippen LogP contribution in [0.2, 0.25) is 0 Å². The maximum atomic E-state index is 12.9. The third-order valence-electron chi connectivity index (χ3n) is 3.35. The molecule has 0 radical (unpaired) electrons. The van der Waals surface area contributed by atoms with Crippen LogP contribution in [-0.2, 0) is 13.6 Å². The number of benzene rings is 1. The van der Waals surface area contributed by atoms with Crippen molar-refractivity contribution in [3.8, 4) is 0 Å². The van der Waals surface area contributed by atoms with Gasteiger partial charge in [-0.05, 0) is 51.2 Å². The maximum absolute atomic E-state index is 12.9. The van der Waals surface area contributed by atoms with Gasteiger partial charge in [0, 0.05) is 10.1 Å². The minimum Gasteiger partial charge on any atom is -0.291 e. The molecule has 0 aliphatic heterocycles. The summed E-state index contributed by atoms with van der Waals surface area (Å²) in [5.41, 5.74) is 3.63. The average Bonchev–Trinajstić information content (AvgIpc) is 2.36. The Morgan fingerprint density at radius 3 is 2.18 bits per heavy atom. The van der Waals surface area contributed by atoms with Crippen LogP contribution in [0, 0.1) is 26.7 Å². The van der Waals surface area contributed by atoms with Gasteiger partial charge in [0.1, 0.15) is 6.61 Å². The van der Waals surface area contributed by atoms with Gasteiger partial charge in [-0.25, -0.2) is 0 Å². The van der Waals surface area contributed by atoms with Gasteiger partial charge in [0.05, 0.1) is 0 Å². The number of carbonyl (C=O) groups is 1. The zero-order valence-corrected chi connectivity index (χ0v) is 15.2. The van der Waals surface area contributed by atoms with Gasteiger partial charge in [-0.3, -0.25) is 4.79 Å². The fourth-order valence-corrected chi connectivity index (χ4v) is 3.26. The number of aryl methyl sites for hydroxylation is 3. The van der Waals surface area contributed by atoms with Crippen LogP contribution in [0.1, 0.15) is 54.2 Å². The summed E-state index contributed by atoms with van der Waals surface area (Å²) in [6, 6.07) is 3.96. The first-order chi connectivity index (χ1) is 10.3. The molecule has 0 aliphatic rings. The molecular formula is C17H26O4P+. The topological polar surface area (TPSA) is 52.6 Å². The number of hydrogen-bond donors (Lipinski definition) is 0. The van der Waals surface area contributed by atoms with E-state index in [1.807, 2.05) is 46.8 Å². The second kappa shape index (κ2) is 8.52. The molecule has 0 N–H and O–H groups in total. The van der Waals surface area contributed by atoms with E-state index in [-0.39, 0.29) is 11.7 Å². The molecule has 0 aliphatic carbocycles. The van der Waals surface area contributed by atoms with Gasteiger partial charge in [-0.2, -0.15) is 0 Å². The Morgan fingerprint density at radius 1 is 1.18 bits per heavy atom. The van der Waals surface area contributed by atoms with Crippen LogP contribution < -0.4 is 0 Å². The second-order valence-electron chi connectivity index (χ2n) is 6.00. The Bertz CT molecular complexity index is 529. The molecule has 0 bridgehead atoms. The molecule has 1 aromatic carbocycles. The lowest BCUT2D eigenvalue weighted by Crippen LogP contribution is -2.26. The fraction of sp³-hybridized carbons (Fsp3) is 0.588. The molecule has 0 amide bonds. The van der Waals surface area contributed by atoms with Gasteiger partial charge in [0.15, 0.2) is 11.9 Å². The summed E-state index contributed by atoms with van der Waals surface area (Å²) in [6.45, 7) is 11.9. The Morgan fingerprint density at radius 2 is 1.73 bits per heavy atom. The van der Waals surface area contributed by atoms with Crippen LogP contribution in [0.15, 0.2) is 12.1 Å². The van der Waals surface area contributed by atoms with Crippen molar-refractivity contribution >= 4 is 14.0 Å². The molecule has 122 valence electrons. The molecule has 0 heterocycles. The van der Waals surface area contributed by atoms with Gasteiger partial charge < -0.3 is 0 Å². The third kappa shape index (κ3) is 5.28. The van der Waals surface area contributed by atoms with E-state index in [2.05, 4.69) is 0 Å². The number of carbonyl (C=O) groups excluding carboxylic acids is 1. The lowest BCUT2D eigenvalue weighted by Gasteiger charge is -2.16. The Kier molecular flexibility index (Phi) is 7.34. The minimum absolute atomic E-state index is 0.119. The van der Waals surface area contributed by atoms with Gasteiger partial charge >= 0.3 is 8.25 Å². The highest BCUT2D eigenvalue weighted by Gasteiger charge is 2.34. The smallest absolute Gasteiger partial charge is 0.291 e. The first kappa shape index (κ1) is 19.0. The van der Waals surface area contributed by atoms with Gasteiger partial charge in [-0.1, -0.05) is 31.5 Å². The van der Waals surface area contributed by atoms with E-state index < -0.39 is 14.4 Å². The summed E-state index contributed by atoms with van der Waals surface area (Å²) in [5.74, 6) is 0.136. The fourth-order valence-electron chi connectivity index (χ4n) is 2.60. The summed E-state index contributed by atoms with van der Waals surface area (Å²) >= 11 is 0. The lowest BCUT2D eigenvalue weighted by molar-refractivity contribution is 0.0728. The van der Waals surface area contributed by atoms with E-state index in [4.69, 9.17) is 9.05 Å². The van der Waals surface area contributed by atoms with Crippen molar-refractivity contribution in [1.82, 2.24) is 0 Å². The van der Waals surface area contributed by atoms with Gasteiger partial charge in [0.25, 0.3) is 0 Å². The Balaban J connectivity index is 3.08. The molecule has 4 nitrogen and oxygen atoms in total. The highest BCUT2D eigenvalue weighted by molar-refractivity contribution is 7.33. The minimum atomic E-state index is -2.27. The van der Waals surface area contributed by atoms with Crippen molar-refractivity contribution in [2.45, 2.75) is 54.1 Å². The summed E-state index contributed by atoms with van der Waals surface area (Å²) in [6.07, 6.45) is -0.227. The van der Waals surface area contributed by atoms with Crippen molar-refractivity contribution < 1.29 is 18.4 Å². The molecule has 2 unspecified atom stereocenters. The number of rotatable bonds is 8.